The van der Waals surface area contributed by atoms with Gasteiger partial charge in [-0.05, 0) is 46.4 Å². The predicted molar refractivity (Wildman–Crippen MR) is 76.1 cm³/mol. The van der Waals surface area contributed by atoms with Crippen molar-refractivity contribution in [3.8, 4) is 0 Å². The van der Waals surface area contributed by atoms with Crippen molar-refractivity contribution in [3.63, 3.8) is 0 Å². The largest absolute Gasteiger partial charge is 0.384 e. The topological polar surface area (TPSA) is 55.6 Å². The fourth-order valence-corrected chi connectivity index (χ4v) is 2.87. The number of likely N-dealkylation sites (tertiary alicyclic amines) is 1. The van der Waals surface area contributed by atoms with E-state index >= 15 is 0 Å². The quantitative estimate of drug-likeness (QED) is 0.616. The molecule has 104 valence electrons. The van der Waals surface area contributed by atoms with Gasteiger partial charge in [0.15, 0.2) is 0 Å². The van der Waals surface area contributed by atoms with Crippen molar-refractivity contribution >= 4 is 21.6 Å². The Balaban J connectivity index is 2.00. The number of nitro groups is 1. The smallest absolute Gasteiger partial charge is 0.283 e. The third-order valence-electron chi connectivity index (χ3n) is 3.39. The van der Waals surface area contributed by atoms with E-state index in [9.17, 15) is 10.1 Å². The highest BCUT2D eigenvalue weighted by Gasteiger charge is 2.23. The Morgan fingerprint density at radius 3 is 3.05 bits per heavy atom. The number of hydrogen-bond acceptors (Lipinski definition) is 4. The SMILES string of the molecule is COCC1CCN(Cc2ccc(Br)c([N+](=O)[O-])c2)C1. The molecule has 1 aliphatic heterocycles. The highest BCUT2D eigenvalue weighted by molar-refractivity contribution is 9.10. The van der Waals surface area contributed by atoms with E-state index in [1.807, 2.05) is 6.07 Å². The van der Waals surface area contributed by atoms with Gasteiger partial charge in [0.05, 0.1) is 16.0 Å². The van der Waals surface area contributed by atoms with E-state index in [2.05, 4.69) is 20.8 Å². The summed E-state index contributed by atoms with van der Waals surface area (Å²) < 4.78 is 5.70. The first-order valence-corrected chi connectivity index (χ1v) is 7.03. The molecule has 1 fully saturated rings. The van der Waals surface area contributed by atoms with Crippen molar-refractivity contribution in [3.05, 3.63) is 38.3 Å². The summed E-state index contributed by atoms with van der Waals surface area (Å²) in [5.41, 5.74) is 1.11. The highest BCUT2D eigenvalue weighted by Crippen LogP contribution is 2.27. The third-order valence-corrected chi connectivity index (χ3v) is 4.06. The number of nitro benzene ring substituents is 1. The number of ether oxygens (including phenoxy) is 1. The van der Waals surface area contributed by atoms with Gasteiger partial charge >= 0.3 is 0 Å². The summed E-state index contributed by atoms with van der Waals surface area (Å²) in [4.78, 5) is 12.9. The molecule has 1 unspecified atom stereocenters. The molecule has 6 heteroatoms. The number of halogens is 1. The first kappa shape index (κ1) is 14.4. The van der Waals surface area contributed by atoms with Gasteiger partial charge in [-0.3, -0.25) is 15.0 Å². The lowest BCUT2D eigenvalue weighted by molar-refractivity contribution is -0.385. The van der Waals surface area contributed by atoms with Crippen LogP contribution in [0.1, 0.15) is 12.0 Å². The monoisotopic (exact) mass is 328 g/mol. The molecule has 1 aliphatic rings. The minimum absolute atomic E-state index is 0.130. The summed E-state index contributed by atoms with van der Waals surface area (Å²) in [7, 11) is 1.72. The van der Waals surface area contributed by atoms with Crippen molar-refractivity contribution in [2.45, 2.75) is 13.0 Å². The summed E-state index contributed by atoms with van der Waals surface area (Å²) in [5, 5.41) is 10.9. The summed E-state index contributed by atoms with van der Waals surface area (Å²) in [6, 6.07) is 5.32. The van der Waals surface area contributed by atoms with Crippen LogP contribution in [0.3, 0.4) is 0 Å². The van der Waals surface area contributed by atoms with Gasteiger partial charge in [0.2, 0.25) is 0 Å². The minimum atomic E-state index is -0.356. The lowest BCUT2D eigenvalue weighted by atomic mass is 10.1. The van der Waals surface area contributed by atoms with E-state index in [0.717, 1.165) is 38.2 Å². The summed E-state index contributed by atoms with van der Waals surface area (Å²) in [5.74, 6) is 0.579. The van der Waals surface area contributed by atoms with Gasteiger partial charge < -0.3 is 4.74 Å². The van der Waals surface area contributed by atoms with Crippen LogP contribution in [0.25, 0.3) is 0 Å². The van der Waals surface area contributed by atoms with E-state index < -0.39 is 0 Å². The molecule has 1 saturated heterocycles. The van der Waals surface area contributed by atoms with Crippen molar-refractivity contribution in [2.24, 2.45) is 5.92 Å². The number of methoxy groups -OCH3 is 1. The molecule has 0 aromatic heterocycles. The Morgan fingerprint density at radius 1 is 1.58 bits per heavy atom. The van der Waals surface area contributed by atoms with E-state index in [4.69, 9.17) is 4.74 Å². The van der Waals surface area contributed by atoms with Gasteiger partial charge in [0.1, 0.15) is 0 Å². The van der Waals surface area contributed by atoms with Gasteiger partial charge in [-0.1, -0.05) is 6.07 Å². The van der Waals surface area contributed by atoms with E-state index in [-0.39, 0.29) is 10.6 Å². The normalized spacial score (nSPS) is 19.8. The predicted octanol–water partition coefficient (Wildman–Crippen LogP) is 2.83. The Bertz CT molecular complexity index is 467. The van der Waals surface area contributed by atoms with Gasteiger partial charge in [-0.15, -0.1) is 0 Å². The van der Waals surface area contributed by atoms with Crippen LogP contribution in [0, 0.1) is 16.0 Å². The molecule has 0 saturated carbocycles. The first-order chi connectivity index (χ1) is 9.10. The van der Waals surface area contributed by atoms with Crippen LogP contribution < -0.4 is 0 Å². The van der Waals surface area contributed by atoms with E-state index in [1.54, 1.807) is 19.2 Å². The Morgan fingerprint density at radius 2 is 2.37 bits per heavy atom. The summed E-state index contributed by atoms with van der Waals surface area (Å²) in [6.07, 6.45) is 1.13. The average Bonchev–Trinajstić information content (AvgIpc) is 2.79. The Hall–Kier alpha value is -0.980. The van der Waals surface area contributed by atoms with Gasteiger partial charge in [0.25, 0.3) is 5.69 Å². The maximum absolute atomic E-state index is 10.9. The lowest BCUT2D eigenvalue weighted by Gasteiger charge is -2.16. The second kappa shape index (κ2) is 6.45. The van der Waals surface area contributed by atoms with Crippen LogP contribution in [-0.2, 0) is 11.3 Å². The molecule has 0 amide bonds. The van der Waals surface area contributed by atoms with Crippen molar-refractivity contribution in [1.29, 1.82) is 0 Å². The third kappa shape index (κ3) is 3.75. The molecule has 5 nitrogen and oxygen atoms in total. The van der Waals surface area contributed by atoms with E-state index in [0.29, 0.717) is 10.4 Å². The zero-order chi connectivity index (χ0) is 13.8. The standard InChI is InChI=1S/C13H17BrN2O3/c1-19-9-11-4-5-15(8-11)7-10-2-3-12(14)13(6-10)16(17)18/h2-3,6,11H,4-5,7-9H2,1H3. The summed E-state index contributed by atoms with van der Waals surface area (Å²) in [6.45, 7) is 3.57. The van der Waals surface area contributed by atoms with Crippen LogP contribution in [0.5, 0.6) is 0 Å². The number of nitrogens with zero attached hydrogens (tertiary/aromatic N) is 2. The molecule has 1 atom stereocenters. The molecule has 0 bridgehead atoms. The van der Waals surface area contributed by atoms with Crippen molar-refractivity contribution in [1.82, 2.24) is 4.90 Å². The summed E-state index contributed by atoms with van der Waals surface area (Å²) >= 11 is 3.20. The fraction of sp³-hybridized carbons (Fsp3) is 0.538. The number of benzene rings is 1. The molecular weight excluding hydrogens is 312 g/mol. The van der Waals surface area contributed by atoms with Crippen LogP contribution >= 0.6 is 15.9 Å². The highest BCUT2D eigenvalue weighted by atomic mass is 79.9. The Labute approximate surface area is 120 Å². The molecule has 0 radical (unpaired) electrons. The molecule has 1 aromatic rings. The van der Waals surface area contributed by atoms with Crippen LogP contribution in [0.15, 0.2) is 22.7 Å². The fourth-order valence-electron chi connectivity index (χ4n) is 2.48. The maximum Gasteiger partial charge on any atom is 0.283 e. The maximum atomic E-state index is 10.9. The zero-order valence-corrected chi connectivity index (χ0v) is 12.4. The molecule has 0 aliphatic carbocycles. The lowest BCUT2D eigenvalue weighted by Crippen LogP contribution is -2.21. The molecular formula is C13H17BrN2O3. The van der Waals surface area contributed by atoms with Crippen LogP contribution in [-0.4, -0.2) is 36.6 Å². The molecule has 0 spiro atoms. The zero-order valence-electron chi connectivity index (χ0n) is 10.8. The van der Waals surface area contributed by atoms with E-state index in [1.165, 1.54) is 0 Å². The molecule has 19 heavy (non-hydrogen) atoms. The molecule has 1 aromatic carbocycles. The second-order valence-corrected chi connectivity index (χ2v) is 5.74. The number of hydrogen-bond donors (Lipinski definition) is 0. The van der Waals surface area contributed by atoms with Crippen LogP contribution in [0.2, 0.25) is 0 Å². The molecule has 1 heterocycles. The van der Waals surface area contributed by atoms with Gasteiger partial charge in [-0.25, -0.2) is 0 Å². The minimum Gasteiger partial charge on any atom is -0.384 e. The number of rotatable bonds is 5. The Kier molecular flexibility index (Phi) is 4.90. The van der Waals surface area contributed by atoms with Crippen molar-refractivity contribution in [2.75, 3.05) is 26.8 Å². The molecule has 2 rings (SSSR count). The van der Waals surface area contributed by atoms with Gasteiger partial charge in [-0.2, -0.15) is 0 Å². The van der Waals surface area contributed by atoms with Gasteiger partial charge in [0, 0.05) is 26.3 Å². The molecule has 0 N–H and O–H groups in total. The van der Waals surface area contributed by atoms with Crippen molar-refractivity contribution < 1.29 is 9.66 Å². The first-order valence-electron chi connectivity index (χ1n) is 6.24. The van der Waals surface area contributed by atoms with Crippen LogP contribution in [0.4, 0.5) is 5.69 Å². The second-order valence-electron chi connectivity index (χ2n) is 4.89. The average molecular weight is 329 g/mol.